The van der Waals surface area contributed by atoms with Crippen LogP contribution in [0.5, 0.6) is 0 Å². The van der Waals surface area contributed by atoms with Crippen molar-refractivity contribution in [1.29, 1.82) is 0 Å². The predicted molar refractivity (Wildman–Crippen MR) is 75.9 cm³/mol. The molecule has 4 nitrogen and oxygen atoms in total. The number of aryl methyl sites for hydroxylation is 1. The van der Waals surface area contributed by atoms with Crippen molar-refractivity contribution >= 4 is 33.0 Å². The Balaban J connectivity index is 2.48. The molecule has 2 aromatic carbocycles. The van der Waals surface area contributed by atoms with Gasteiger partial charge in [-0.1, -0.05) is 23.7 Å². The third kappa shape index (κ3) is 2.99. The van der Waals surface area contributed by atoms with Gasteiger partial charge in [0, 0.05) is 0 Å². The summed E-state index contributed by atoms with van der Waals surface area (Å²) in [4.78, 5) is -0.182. The van der Waals surface area contributed by atoms with Gasteiger partial charge in [0.25, 0.3) is 10.0 Å². The SMILES string of the molecule is Cc1cccc(S(=O)(=O)Nc2ccc(F)c([NH3+])c2F)c1Cl. The number of benzene rings is 2. The first-order valence-corrected chi connectivity index (χ1v) is 7.68. The molecule has 0 bridgehead atoms. The van der Waals surface area contributed by atoms with Gasteiger partial charge < -0.3 is 5.73 Å². The van der Waals surface area contributed by atoms with Crippen LogP contribution in [0.3, 0.4) is 0 Å². The summed E-state index contributed by atoms with van der Waals surface area (Å²) in [6.45, 7) is 1.65. The van der Waals surface area contributed by atoms with E-state index in [-0.39, 0.29) is 15.6 Å². The highest BCUT2D eigenvalue weighted by Crippen LogP contribution is 2.28. The highest BCUT2D eigenvalue weighted by molar-refractivity contribution is 7.92. The highest BCUT2D eigenvalue weighted by atomic mass is 35.5. The van der Waals surface area contributed by atoms with Gasteiger partial charge in [-0.2, -0.15) is 4.39 Å². The quantitative estimate of drug-likeness (QED) is 0.906. The average molecular weight is 334 g/mol. The van der Waals surface area contributed by atoms with Gasteiger partial charge in [-0.15, -0.1) is 0 Å². The number of nitrogens with one attached hydrogen (secondary N) is 1. The molecule has 8 heteroatoms. The Labute approximate surface area is 125 Å². The number of hydrogen-bond acceptors (Lipinski definition) is 2. The maximum absolute atomic E-state index is 13.8. The van der Waals surface area contributed by atoms with E-state index >= 15 is 0 Å². The lowest BCUT2D eigenvalue weighted by Gasteiger charge is -2.11. The third-order valence-electron chi connectivity index (χ3n) is 2.88. The molecule has 0 spiro atoms. The number of rotatable bonds is 3. The van der Waals surface area contributed by atoms with E-state index in [4.69, 9.17) is 11.6 Å². The van der Waals surface area contributed by atoms with Crippen molar-refractivity contribution in [2.24, 2.45) is 0 Å². The molecule has 0 heterocycles. The molecule has 112 valence electrons. The molecular formula is C13H12ClF2N2O2S+. The van der Waals surface area contributed by atoms with E-state index in [2.05, 4.69) is 5.73 Å². The van der Waals surface area contributed by atoms with Gasteiger partial charge in [0.2, 0.25) is 11.5 Å². The summed E-state index contributed by atoms with van der Waals surface area (Å²) in [5, 5.41) is 0.0439. The van der Waals surface area contributed by atoms with Gasteiger partial charge in [0.15, 0.2) is 5.82 Å². The molecule has 0 radical (unpaired) electrons. The minimum atomic E-state index is -4.09. The van der Waals surface area contributed by atoms with Gasteiger partial charge >= 0.3 is 0 Å². The standard InChI is InChI=1S/C13H11ClF2N2O2S/c1-7-3-2-4-10(11(7)14)21(19,20)18-9-6-5-8(15)13(17)12(9)16/h2-6,18H,17H2,1H3/p+1. The summed E-state index contributed by atoms with van der Waals surface area (Å²) in [7, 11) is -4.09. The molecule has 2 aromatic rings. The summed E-state index contributed by atoms with van der Waals surface area (Å²) < 4.78 is 53.5. The molecule has 4 N–H and O–H groups in total. The van der Waals surface area contributed by atoms with Crippen molar-refractivity contribution in [2.75, 3.05) is 4.72 Å². The zero-order chi connectivity index (χ0) is 15.8. The summed E-state index contributed by atoms with van der Waals surface area (Å²) >= 11 is 5.95. The van der Waals surface area contributed by atoms with Gasteiger partial charge in [0.1, 0.15) is 4.90 Å². The van der Waals surface area contributed by atoms with Gasteiger partial charge in [-0.05, 0) is 30.7 Å². The molecule has 0 amide bonds. The van der Waals surface area contributed by atoms with Crippen LogP contribution >= 0.6 is 11.6 Å². The molecule has 0 aliphatic carbocycles. The molecule has 0 saturated carbocycles. The van der Waals surface area contributed by atoms with Crippen LogP contribution in [0.1, 0.15) is 5.56 Å². The maximum Gasteiger partial charge on any atom is 0.263 e. The van der Waals surface area contributed by atoms with Crippen LogP contribution in [0.25, 0.3) is 0 Å². The first kappa shape index (κ1) is 15.7. The number of sulfonamides is 1. The minimum Gasteiger partial charge on any atom is -0.320 e. The molecule has 0 aliphatic rings. The molecule has 0 unspecified atom stereocenters. The number of hydrogen-bond donors (Lipinski definition) is 2. The van der Waals surface area contributed by atoms with E-state index < -0.39 is 27.3 Å². The Hall–Kier alpha value is -1.70. The predicted octanol–water partition coefficient (Wildman–Crippen LogP) is 2.60. The van der Waals surface area contributed by atoms with Crippen molar-refractivity contribution in [1.82, 2.24) is 0 Å². The first-order valence-electron chi connectivity index (χ1n) is 5.82. The Bertz CT molecular complexity index is 810. The Morgan fingerprint density at radius 3 is 2.52 bits per heavy atom. The van der Waals surface area contributed by atoms with Crippen LogP contribution < -0.4 is 10.5 Å². The molecule has 2 rings (SSSR count). The van der Waals surface area contributed by atoms with Crippen molar-refractivity contribution in [3.63, 3.8) is 0 Å². The lowest BCUT2D eigenvalue weighted by Crippen LogP contribution is -2.43. The fourth-order valence-electron chi connectivity index (χ4n) is 1.70. The molecule has 0 aliphatic heterocycles. The number of halogens is 3. The maximum atomic E-state index is 13.8. The van der Waals surface area contributed by atoms with Crippen LogP contribution in [0.15, 0.2) is 35.2 Å². The summed E-state index contributed by atoms with van der Waals surface area (Å²) in [5.41, 5.74) is 2.87. The zero-order valence-electron chi connectivity index (χ0n) is 11.0. The van der Waals surface area contributed by atoms with E-state index in [0.717, 1.165) is 12.1 Å². The van der Waals surface area contributed by atoms with E-state index in [1.807, 2.05) is 4.72 Å². The monoisotopic (exact) mass is 333 g/mol. The molecular weight excluding hydrogens is 322 g/mol. The van der Waals surface area contributed by atoms with Crippen LogP contribution in [0.4, 0.5) is 20.2 Å². The Morgan fingerprint density at radius 1 is 1.19 bits per heavy atom. The Kier molecular flexibility index (Phi) is 4.18. The molecule has 0 fully saturated rings. The smallest absolute Gasteiger partial charge is 0.263 e. The molecule has 0 saturated heterocycles. The van der Waals surface area contributed by atoms with Crippen molar-refractivity contribution in [3.05, 3.63) is 52.6 Å². The largest absolute Gasteiger partial charge is 0.320 e. The van der Waals surface area contributed by atoms with Crippen LogP contribution in [-0.4, -0.2) is 8.42 Å². The molecule has 0 aromatic heterocycles. The van der Waals surface area contributed by atoms with E-state index in [0.29, 0.717) is 5.56 Å². The topological polar surface area (TPSA) is 73.8 Å². The second kappa shape index (κ2) is 5.59. The van der Waals surface area contributed by atoms with Crippen LogP contribution in [-0.2, 0) is 10.0 Å². The first-order chi connectivity index (χ1) is 9.74. The van der Waals surface area contributed by atoms with Gasteiger partial charge in [-0.3, -0.25) is 4.72 Å². The van der Waals surface area contributed by atoms with Crippen molar-refractivity contribution in [2.45, 2.75) is 11.8 Å². The van der Waals surface area contributed by atoms with Crippen molar-refractivity contribution < 1.29 is 22.9 Å². The van der Waals surface area contributed by atoms with E-state index in [9.17, 15) is 17.2 Å². The fraction of sp³-hybridized carbons (Fsp3) is 0.0769. The fourth-order valence-corrected chi connectivity index (χ4v) is 3.35. The normalized spacial score (nSPS) is 11.5. The number of quaternary nitrogens is 1. The molecule has 0 atom stereocenters. The minimum absolute atomic E-state index is 0.0439. The van der Waals surface area contributed by atoms with E-state index in [1.165, 1.54) is 12.1 Å². The van der Waals surface area contributed by atoms with Crippen LogP contribution in [0.2, 0.25) is 5.02 Å². The summed E-state index contributed by atoms with van der Waals surface area (Å²) in [5.74, 6) is -1.92. The summed E-state index contributed by atoms with van der Waals surface area (Å²) in [6, 6.07) is 6.38. The van der Waals surface area contributed by atoms with Gasteiger partial charge in [-0.25, -0.2) is 12.8 Å². The lowest BCUT2D eigenvalue weighted by molar-refractivity contribution is -0.262. The van der Waals surface area contributed by atoms with Crippen molar-refractivity contribution in [3.8, 4) is 0 Å². The summed E-state index contributed by atoms with van der Waals surface area (Å²) in [6.07, 6.45) is 0. The molecule has 21 heavy (non-hydrogen) atoms. The zero-order valence-corrected chi connectivity index (χ0v) is 12.5. The average Bonchev–Trinajstić information content (AvgIpc) is 2.42. The van der Waals surface area contributed by atoms with Crippen LogP contribution in [0, 0.1) is 18.6 Å². The van der Waals surface area contributed by atoms with Gasteiger partial charge in [0.05, 0.1) is 10.7 Å². The Morgan fingerprint density at radius 2 is 1.86 bits per heavy atom. The number of anilines is 1. The third-order valence-corrected chi connectivity index (χ3v) is 4.90. The lowest BCUT2D eigenvalue weighted by atomic mass is 10.2. The highest BCUT2D eigenvalue weighted by Gasteiger charge is 2.22. The second-order valence-electron chi connectivity index (χ2n) is 4.38. The second-order valence-corrected chi connectivity index (χ2v) is 6.41. The van der Waals surface area contributed by atoms with E-state index in [1.54, 1.807) is 13.0 Å².